The van der Waals surface area contributed by atoms with E-state index in [4.69, 9.17) is 14.2 Å². The fourth-order valence-corrected chi connectivity index (χ4v) is 5.15. The number of likely N-dealkylation sites (N-methyl/N-ethyl adjacent to an activating group) is 1. The van der Waals surface area contributed by atoms with Gasteiger partial charge in [-0.15, -0.1) is 0 Å². The number of carbonyl (C=O) groups is 3. The van der Waals surface area contributed by atoms with E-state index in [0.717, 1.165) is 77.0 Å². The Kier molecular flexibility index (Phi) is 33.2. The summed E-state index contributed by atoms with van der Waals surface area (Å²) in [5.41, 5.74) is 0. The summed E-state index contributed by atoms with van der Waals surface area (Å²) in [5.74, 6) is -1.86. The zero-order valence-electron chi connectivity index (χ0n) is 33.9. The molecule has 0 amide bonds. The van der Waals surface area contributed by atoms with Gasteiger partial charge in [0.1, 0.15) is 12.6 Å². The largest absolute Gasteiger partial charge is 0.544 e. The number of carboxylic acids is 1. The van der Waals surface area contributed by atoms with Gasteiger partial charge >= 0.3 is 11.9 Å². The Balaban J connectivity index is 4.35. The molecule has 0 saturated heterocycles. The van der Waals surface area contributed by atoms with Crippen molar-refractivity contribution in [2.75, 3.05) is 41.0 Å². The molecule has 0 fully saturated rings. The third-order valence-electron chi connectivity index (χ3n) is 8.28. The molecule has 8 heteroatoms. The number of hydrogen-bond acceptors (Lipinski definition) is 7. The molecule has 53 heavy (non-hydrogen) atoms. The van der Waals surface area contributed by atoms with Crippen molar-refractivity contribution in [2.24, 2.45) is 0 Å². The molecule has 2 atom stereocenters. The topological polar surface area (TPSA) is 102 Å². The molecule has 0 rings (SSSR count). The van der Waals surface area contributed by atoms with Crippen LogP contribution in [0.4, 0.5) is 0 Å². The summed E-state index contributed by atoms with van der Waals surface area (Å²) < 4.78 is 16.9. The molecule has 300 valence electrons. The first-order chi connectivity index (χ1) is 25.6. The fraction of sp³-hybridized carbons (Fsp3) is 0.622. The average Bonchev–Trinajstić information content (AvgIpc) is 3.11. The van der Waals surface area contributed by atoms with Crippen LogP contribution in [0.1, 0.15) is 129 Å². The highest BCUT2D eigenvalue weighted by atomic mass is 16.6. The molecule has 8 nitrogen and oxygen atoms in total. The molecule has 0 N–H and O–H groups in total. The maximum Gasteiger partial charge on any atom is 0.306 e. The fourth-order valence-electron chi connectivity index (χ4n) is 5.15. The van der Waals surface area contributed by atoms with E-state index >= 15 is 0 Å². The molecule has 0 aliphatic heterocycles. The van der Waals surface area contributed by atoms with Crippen molar-refractivity contribution in [3.8, 4) is 0 Å². The van der Waals surface area contributed by atoms with Gasteiger partial charge in [0.2, 0.25) is 0 Å². The predicted octanol–water partition coefficient (Wildman–Crippen LogP) is 9.24. The molecule has 0 aromatic heterocycles. The molecule has 0 bridgehead atoms. The smallest absolute Gasteiger partial charge is 0.306 e. The summed E-state index contributed by atoms with van der Waals surface area (Å²) in [5, 5.41) is 11.6. The Hall–Kier alpha value is -3.49. The van der Waals surface area contributed by atoms with Crippen LogP contribution >= 0.6 is 0 Å². The number of carbonyl (C=O) groups excluding carboxylic acids is 3. The SMILES string of the molecule is CC/C=C/C/C=C/C/C=C/C/C=C/C/C=C/C/C=C/CCCCCC(=O)OCC(COCCC(C(=O)[O-])[N+](C)(C)C)OC(=O)CC/C=C/CCCCC. The predicted molar refractivity (Wildman–Crippen MR) is 217 cm³/mol. The number of aliphatic carboxylic acids is 1. The van der Waals surface area contributed by atoms with Crippen molar-refractivity contribution >= 4 is 17.9 Å². The lowest BCUT2D eigenvalue weighted by Gasteiger charge is -2.34. The molecule has 0 saturated carbocycles. The van der Waals surface area contributed by atoms with Crippen LogP contribution in [0.2, 0.25) is 0 Å². The van der Waals surface area contributed by atoms with Crippen molar-refractivity contribution in [1.82, 2.24) is 0 Å². The van der Waals surface area contributed by atoms with E-state index in [9.17, 15) is 19.5 Å². The number of nitrogens with zero attached hydrogens (tertiary/aromatic N) is 1. The average molecular weight is 740 g/mol. The monoisotopic (exact) mass is 740 g/mol. The molecule has 0 radical (unpaired) electrons. The van der Waals surface area contributed by atoms with Crippen LogP contribution in [0.15, 0.2) is 85.1 Å². The minimum absolute atomic E-state index is 0.00868. The molecule has 0 aliphatic carbocycles. The van der Waals surface area contributed by atoms with Crippen LogP contribution in [0.3, 0.4) is 0 Å². The highest BCUT2D eigenvalue weighted by molar-refractivity contribution is 5.70. The van der Waals surface area contributed by atoms with E-state index in [1.807, 2.05) is 6.08 Å². The van der Waals surface area contributed by atoms with Crippen LogP contribution in [0, 0.1) is 0 Å². The Bertz CT molecular complexity index is 1140. The second-order valence-corrected chi connectivity index (χ2v) is 14.1. The van der Waals surface area contributed by atoms with Crippen LogP contribution in [0.5, 0.6) is 0 Å². The van der Waals surface area contributed by atoms with Crippen molar-refractivity contribution in [3.63, 3.8) is 0 Å². The number of allylic oxidation sites excluding steroid dienone is 14. The molecule has 0 spiro atoms. The second kappa shape index (κ2) is 35.5. The van der Waals surface area contributed by atoms with Gasteiger partial charge in [-0.1, -0.05) is 118 Å². The number of esters is 2. The first-order valence-corrected chi connectivity index (χ1v) is 20.1. The van der Waals surface area contributed by atoms with Crippen LogP contribution < -0.4 is 5.11 Å². The number of rotatable bonds is 34. The normalized spacial score (nSPS) is 13.9. The summed E-state index contributed by atoms with van der Waals surface area (Å²) in [4.78, 5) is 36.5. The number of quaternary nitrogens is 1. The van der Waals surface area contributed by atoms with E-state index in [1.165, 1.54) is 12.8 Å². The van der Waals surface area contributed by atoms with Gasteiger partial charge in [0.05, 0.1) is 40.3 Å². The van der Waals surface area contributed by atoms with Gasteiger partial charge in [-0.25, -0.2) is 0 Å². The summed E-state index contributed by atoms with van der Waals surface area (Å²) in [6, 6.07) is -0.739. The zero-order chi connectivity index (χ0) is 39.3. The molecule has 0 aliphatic rings. The van der Waals surface area contributed by atoms with E-state index in [0.29, 0.717) is 12.8 Å². The van der Waals surface area contributed by atoms with Crippen molar-refractivity contribution in [1.29, 1.82) is 0 Å². The van der Waals surface area contributed by atoms with E-state index in [1.54, 1.807) is 21.1 Å². The molecule has 2 unspecified atom stereocenters. The zero-order valence-corrected chi connectivity index (χ0v) is 33.9. The summed E-state index contributed by atoms with van der Waals surface area (Å²) in [7, 11) is 5.36. The summed E-state index contributed by atoms with van der Waals surface area (Å²) in [6.45, 7) is 4.37. The van der Waals surface area contributed by atoms with Crippen LogP contribution in [-0.2, 0) is 28.6 Å². The van der Waals surface area contributed by atoms with E-state index in [2.05, 4.69) is 92.8 Å². The summed E-state index contributed by atoms with van der Waals surface area (Å²) >= 11 is 0. The lowest BCUT2D eigenvalue weighted by molar-refractivity contribution is -0.889. The molecule has 0 aromatic rings. The first kappa shape index (κ1) is 49.5. The quantitative estimate of drug-likeness (QED) is 0.0281. The van der Waals surface area contributed by atoms with Gasteiger partial charge in [0.15, 0.2) is 6.10 Å². The van der Waals surface area contributed by atoms with Gasteiger partial charge in [-0.2, -0.15) is 0 Å². The van der Waals surface area contributed by atoms with Gasteiger partial charge in [-0.3, -0.25) is 9.59 Å². The van der Waals surface area contributed by atoms with Crippen LogP contribution in [0.25, 0.3) is 0 Å². The Morgan fingerprint density at radius 1 is 0.585 bits per heavy atom. The van der Waals surface area contributed by atoms with Gasteiger partial charge in [0.25, 0.3) is 0 Å². The van der Waals surface area contributed by atoms with Crippen LogP contribution in [-0.4, -0.2) is 75.5 Å². The Morgan fingerprint density at radius 2 is 1.09 bits per heavy atom. The maximum atomic E-state index is 12.5. The minimum Gasteiger partial charge on any atom is -0.544 e. The van der Waals surface area contributed by atoms with Gasteiger partial charge < -0.3 is 28.6 Å². The second-order valence-electron chi connectivity index (χ2n) is 14.1. The maximum absolute atomic E-state index is 12.5. The molecule has 0 aromatic carbocycles. The number of ether oxygens (including phenoxy) is 3. The standard InChI is InChI=1S/C45H73NO7/c1-6-8-10-12-14-15-16-17-18-19-20-21-22-23-24-25-26-27-28-30-31-33-35-43(47)52-40-41(39-51-38-37-42(45(49)50)46(3,4)5)53-44(48)36-34-32-29-13-11-9-7-2/h8,10,14-15,17-18,20-21,23-24,26-27,29,32,41-42H,6-7,9,11-13,16,19,22,25,28,30-31,33-40H2,1-5H3/b10-8+,15-14+,18-17+,21-20+,24-23+,27-26+,32-29+. The Labute approximate surface area is 323 Å². The number of hydrogen-bond donors (Lipinski definition) is 0. The van der Waals surface area contributed by atoms with Crippen molar-refractivity contribution in [3.05, 3.63) is 85.1 Å². The van der Waals surface area contributed by atoms with Crippen molar-refractivity contribution < 1.29 is 38.2 Å². The lowest BCUT2D eigenvalue weighted by atomic mass is 10.1. The lowest BCUT2D eigenvalue weighted by Crippen LogP contribution is -2.55. The minimum atomic E-state index is -1.14. The highest BCUT2D eigenvalue weighted by Crippen LogP contribution is 2.10. The van der Waals surface area contributed by atoms with Gasteiger partial charge in [-0.05, 0) is 77.0 Å². The molecular weight excluding hydrogens is 666 g/mol. The molecule has 0 heterocycles. The highest BCUT2D eigenvalue weighted by Gasteiger charge is 2.25. The molecular formula is C45H73NO7. The van der Waals surface area contributed by atoms with Crippen molar-refractivity contribution in [2.45, 2.75) is 142 Å². The van der Waals surface area contributed by atoms with E-state index in [-0.39, 0.29) is 49.1 Å². The van der Waals surface area contributed by atoms with Gasteiger partial charge in [0, 0.05) is 19.3 Å². The number of unbranched alkanes of at least 4 members (excludes halogenated alkanes) is 6. The Morgan fingerprint density at radius 3 is 1.62 bits per heavy atom. The number of carboxylic acid groups (broad SMARTS) is 1. The third-order valence-corrected chi connectivity index (χ3v) is 8.28. The first-order valence-electron chi connectivity index (χ1n) is 20.1. The third kappa shape index (κ3) is 34.1. The summed E-state index contributed by atoms with van der Waals surface area (Å²) in [6.07, 6.45) is 45.0. The van der Waals surface area contributed by atoms with E-state index < -0.39 is 18.1 Å².